The van der Waals surface area contributed by atoms with Gasteiger partial charge in [-0.15, -0.1) is 11.3 Å². The van der Waals surface area contributed by atoms with E-state index in [9.17, 15) is 0 Å². The number of nitrogens with two attached hydrogens (primary N) is 1. The molecule has 0 spiro atoms. The van der Waals surface area contributed by atoms with Crippen LogP contribution < -0.4 is 5.73 Å². The van der Waals surface area contributed by atoms with E-state index in [1.54, 1.807) is 11.3 Å². The molecule has 0 aliphatic rings. The van der Waals surface area contributed by atoms with Gasteiger partial charge in [0.1, 0.15) is 0 Å². The number of hydrogen-bond donors (Lipinski definition) is 1. The van der Waals surface area contributed by atoms with Crippen LogP contribution in [-0.4, -0.2) is 0 Å². The van der Waals surface area contributed by atoms with Crippen molar-refractivity contribution in [2.75, 3.05) is 0 Å². The predicted octanol–water partition coefficient (Wildman–Crippen LogP) is 3.20. The Kier molecular flexibility index (Phi) is 2.65. The molecule has 1 aromatic carbocycles. The summed E-state index contributed by atoms with van der Waals surface area (Å²) in [7, 11) is 0. The van der Waals surface area contributed by atoms with Gasteiger partial charge in [0.2, 0.25) is 0 Å². The first-order valence-corrected chi connectivity index (χ1v) is 5.30. The van der Waals surface area contributed by atoms with Gasteiger partial charge < -0.3 is 5.73 Å². The van der Waals surface area contributed by atoms with Gasteiger partial charge in [-0.05, 0) is 23.1 Å². The molecule has 2 rings (SSSR count). The van der Waals surface area contributed by atoms with E-state index < -0.39 is 0 Å². The fourth-order valence-electron chi connectivity index (χ4n) is 1.24. The second kappa shape index (κ2) is 4.11. The van der Waals surface area contributed by atoms with Crippen molar-refractivity contribution in [1.82, 2.24) is 0 Å². The van der Waals surface area contributed by atoms with Crippen molar-refractivity contribution in [1.29, 1.82) is 0 Å². The predicted molar refractivity (Wildman–Crippen MR) is 62.8 cm³/mol. The average molecular weight is 201 g/mol. The van der Waals surface area contributed by atoms with E-state index in [2.05, 4.69) is 6.07 Å². The van der Waals surface area contributed by atoms with Crippen molar-refractivity contribution in [2.45, 2.75) is 0 Å². The maximum Gasteiger partial charge on any atom is 0.0401 e. The summed E-state index contributed by atoms with van der Waals surface area (Å²) in [5, 5.41) is 2.05. The molecule has 0 aliphatic heterocycles. The van der Waals surface area contributed by atoms with E-state index in [-0.39, 0.29) is 0 Å². The van der Waals surface area contributed by atoms with Gasteiger partial charge in [0.15, 0.2) is 0 Å². The first-order chi connectivity index (χ1) is 6.86. The lowest BCUT2D eigenvalue weighted by atomic mass is 10.1. The Morgan fingerprint density at radius 1 is 1.07 bits per heavy atom. The molecule has 0 saturated heterocycles. The highest BCUT2D eigenvalue weighted by molar-refractivity contribution is 7.10. The van der Waals surface area contributed by atoms with E-state index in [4.69, 9.17) is 5.73 Å². The topological polar surface area (TPSA) is 26.0 Å². The fraction of sp³-hybridized carbons (Fsp3) is 0. The summed E-state index contributed by atoms with van der Waals surface area (Å²) in [4.78, 5) is 1.19. The van der Waals surface area contributed by atoms with Crippen LogP contribution in [0, 0.1) is 0 Å². The molecule has 0 fully saturated rings. The summed E-state index contributed by atoms with van der Waals surface area (Å²) in [6.07, 6.45) is 2.00. The smallest absolute Gasteiger partial charge is 0.0401 e. The first-order valence-electron chi connectivity index (χ1n) is 4.42. The monoisotopic (exact) mass is 201 g/mol. The standard InChI is InChI=1S/C12H11NS/c13-12(9-11-7-4-8-14-11)10-5-2-1-3-6-10/h1-9H,13H2/b12-9-. The Bertz CT molecular complexity index is 415. The summed E-state index contributed by atoms with van der Waals surface area (Å²) < 4.78 is 0. The maximum absolute atomic E-state index is 5.95. The molecule has 1 heterocycles. The molecule has 14 heavy (non-hydrogen) atoms. The summed E-state index contributed by atoms with van der Waals surface area (Å²) >= 11 is 1.69. The molecule has 2 aromatic rings. The van der Waals surface area contributed by atoms with Crippen LogP contribution >= 0.6 is 11.3 Å². The Morgan fingerprint density at radius 2 is 1.86 bits per heavy atom. The van der Waals surface area contributed by atoms with Gasteiger partial charge in [-0.1, -0.05) is 36.4 Å². The third-order valence-corrected chi connectivity index (χ3v) is 2.77. The highest BCUT2D eigenvalue weighted by Gasteiger charge is 1.95. The minimum absolute atomic E-state index is 0.813. The average Bonchev–Trinajstić information content (AvgIpc) is 2.72. The van der Waals surface area contributed by atoms with Crippen molar-refractivity contribution in [3.05, 3.63) is 58.3 Å². The van der Waals surface area contributed by atoms with Crippen LogP contribution in [0.25, 0.3) is 11.8 Å². The minimum Gasteiger partial charge on any atom is -0.398 e. The molecule has 0 bridgehead atoms. The van der Waals surface area contributed by atoms with Gasteiger partial charge in [-0.25, -0.2) is 0 Å². The fourth-order valence-corrected chi connectivity index (χ4v) is 1.91. The van der Waals surface area contributed by atoms with Gasteiger partial charge in [0, 0.05) is 10.6 Å². The lowest BCUT2D eigenvalue weighted by Gasteiger charge is -1.99. The quantitative estimate of drug-likeness (QED) is 0.793. The van der Waals surface area contributed by atoms with Gasteiger partial charge in [-0.3, -0.25) is 0 Å². The van der Waals surface area contributed by atoms with E-state index in [0.717, 1.165) is 11.3 Å². The zero-order valence-corrected chi connectivity index (χ0v) is 8.50. The first kappa shape index (κ1) is 9.03. The molecular formula is C12H11NS. The number of hydrogen-bond acceptors (Lipinski definition) is 2. The highest BCUT2D eigenvalue weighted by Crippen LogP contribution is 2.16. The van der Waals surface area contributed by atoms with Gasteiger partial charge in [0.25, 0.3) is 0 Å². The van der Waals surface area contributed by atoms with E-state index in [1.807, 2.05) is 47.9 Å². The zero-order chi connectivity index (χ0) is 9.80. The molecule has 0 unspecified atom stereocenters. The molecule has 70 valence electrons. The molecule has 2 N–H and O–H groups in total. The Hall–Kier alpha value is -1.54. The Balaban J connectivity index is 2.29. The van der Waals surface area contributed by atoms with Crippen LogP contribution in [0.15, 0.2) is 47.8 Å². The van der Waals surface area contributed by atoms with Crippen LogP contribution in [0.1, 0.15) is 10.4 Å². The number of rotatable bonds is 2. The lowest BCUT2D eigenvalue weighted by Crippen LogP contribution is -1.94. The van der Waals surface area contributed by atoms with Gasteiger partial charge >= 0.3 is 0 Å². The van der Waals surface area contributed by atoms with E-state index in [1.165, 1.54) is 4.88 Å². The van der Waals surface area contributed by atoms with E-state index >= 15 is 0 Å². The summed E-state index contributed by atoms with van der Waals surface area (Å²) in [5.41, 5.74) is 7.84. The second-order valence-corrected chi connectivity index (χ2v) is 3.96. The van der Waals surface area contributed by atoms with Crippen LogP contribution in [0.3, 0.4) is 0 Å². The van der Waals surface area contributed by atoms with Crippen LogP contribution in [0.2, 0.25) is 0 Å². The Morgan fingerprint density at radius 3 is 2.50 bits per heavy atom. The van der Waals surface area contributed by atoms with Crippen molar-refractivity contribution >= 4 is 23.1 Å². The molecule has 0 amide bonds. The normalized spacial score (nSPS) is 11.6. The third-order valence-electron chi connectivity index (χ3n) is 1.95. The molecule has 0 aliphatic carbocycles. The van der Waals surface area contributed by atoms with Crippen LogP contribution in [0.5, 0.6) is 0 Å². The summed E-state index contributed by atoms with van der Waals surface area (Å²) in [5.74, 6) is 0. The Labute approximate surface area is 87.5 Å². The molecule has 0 saturated carbocycles. The zero-order valence-electron chi connectivity index (χ0n) is 7.68. The summed E-state index contributed by atoms with van der Waals surface area (Å²) in [6, 6.07) is 14.1. The lowest BCUT2D eigenvalue weighted by molar-refractivity contribution is 1.53. The number of benzene rings is 1. The molecule has 2 heteroatoms. The maximum atomic E-state index is 5.95. The molecule has 1 nitrogen and oxygen atoms in total. The molecule has 0 radical (unpaired) electrons. The third kappa shape index (κ3) is 2.03. The second-order valence-electron chi connectivity index (χ2n) is 2.98. The molecule has 1 aromatic heterocycles. The summed E-state index contributed by atoms with van der Waals surface area (Å²) in [6.45, 7) is 0. The van der Waals surface area contributed by atoms with Gasteiger partial charge in [0.05, 0.1) is 0 Å². The molecular weight excluding hydrogens is 190 g/mol. The van der Waals surface area contributed by atoms with Crippen LogP contribution in [-0.2, 0) is 0 Å². The van der Waals surface area contributed by atoms with Gasteiger partial charge in [-0.2, -0.15) is 0 Å². The SMILES string of the molecule is N/C(=C\c1cccs1)c1ccccc1. The minimum atomic E-state index is 0.813. The molecule has 0 atom stereocenters. The van der Waals surface area contributed by atoms with Crippen LogP contribution in [0.4, 0.5) is 0 Å². The highest BCUT2D eigenvalue weighted by atomic mass is 32.1. The van der Waals surface area contributed by atoms with Crippen molar-refractivity contribution < 1.29 is 0 Å². The van der Waals surface area contributed by atoms with E-state index in [0.29, 0.717) is 0 Å². The van der Waals surface area contributed by atoms with Crippen molar-refractivity contribution in [3.8, 4) is 0 Å². The van der Waals surface area contributed by atoms with Crippen molar-refractivity contribution in [2.24, 2.45) is 5.73 Å². The number of thiophene rings is 1. The van der Waals surface area contributed by atoms with Crippen molar-refractivity contribution in [3.63, 3.8) is 0 Å². The largest absolute Gasteiger partial charge is 0.398 e.